The topological polar surface area (TPSA) is 59.1 Å². The molecule has 0 fully saturated rings. The lowest BCUT2D eigenvalue weighted by Crippen LogP contribution is -2.01. The maximum Gasteiger partial charge on any atom is 0.229 e. The highest BCUT2D eigenvalue weighted by atomic mass is 35.5. The van der Waals surface area contributed by atoms with Gasteiger partial charge in [0.15, 0.2) is 0 Å². The number of nitrogens with zero attached hydrogens (tertiary/aromatic N) is 2. The van der Waals surface area contributed by atoms with Gasteiger partial charge in [-0.1, -0.05) is 37.6 Å². The van der Waals surface area contributed by atoms with Crippen LogP contribution in [-0.2, 0) is 0 Å². The Morgan fingerprint density at radius 3 is 2.46 bits per heavy atom. The summed E-state index contributed by atoms with van der Waals surface area (Å²) < 4.78 is 5.34. The molecule has 3 rings (SSSR count). The number of nitrogens with one attached hydrogen (secondary N) is 2. The van der Waals surface area contributed by atoms with E-state index < -0.39 is 0 Å². The van der Waals surface area contributed by atoms with E-state index >= 15 is 0 Å². The van der Waals surface area contributed by atoms with Gasteiger partial charge in [0.1, 0.15) is 11.6 Å². The molecule has 6 heteroatoms. The van der Waals surface area contributed by atoms with E-state index in [1.807, 2.05) is 18.2 Å². The van der Waals surface area contributed by atoms with Gasteiger partial charge in [-0.05, 0) is 47.9 Å². The number of anilines is 4. The predicted octanol–water partition coefficient (Wildman–Crippen LogP) is 5.75. The molecule has 0 aliphatic rings. The Labute approximate surface area is 158 Å². The zero-order valence-electron chi connectivity index (χ0n) is 15.0. The van der Waals surface area contributed by atoms with Crippen molar-refractivity contribution < 1.29 is 4.74 Å². The summed E-state index contributed by atoms with van der Waals surface area (Å²) in [5, 5.41) is 7.04. The molecule has 0 aliphatic carbocycles. The molecule has 1 aromatic heterocycles. The second kappa shape index (κ2) is 8.06. The first kappa shape index (κ1) is 18.0. The summed E-state index contributed by atoms with van der Waals surface area (Å²) in [7, 11) is 1.61. The van der Waals surface area contributed by atoms with Crippen LogP contribution in [0.5, 0.6) is 5.75 Å². The molecule has 2 N–H and O–H groups in total. The molecular formula is C20H21ClN4O. The Hall–Kier alpha value is -2.79. The number of ether oxygens (including phenoxy) is 1. The first-order valence-electron chi connectivity index (χ1n) is 8.36. The number of rotatable bonds is 6. The lowest BCUT2D eigenvalue weighted by Gasteiger charge is -2.12. The molecule has 0 spiro atoms. The third-order valence-corrected chi connectivity index (χ3v) is 4.15. The number of halogens is 1. The zero-order chi connectivity index (χ0) is 18.5. The van der Waals surface area contributed by atoms with E-state index in [9.17, 15) is 0 Å². The molecule has 1 heterocycles. The fourth-order valence-corrected chi connectivity index (χ4v) is 2.66. The average Bonchev–Trinajstić information content (AvgIpc) is 2.63. The summed E-state index contributed by atoms with van der Waals surface area (Å²) in [6.07, 6.45) is 1.69. The van der Waals surface area contributed by atoms with Gasteiger partial charge in [-0.3, -0.25) is 0 Å². The molecule has 2 aromatic carbocycles. The quantitative estimate of drug-likeness (QED) is 0.580. The molecule has 0 unspecified atom stereocenters. The number of hydrogen-bond acceptors (Lipinski definition) is 5. The highest BCUT2D eigenvalue weighted by Gasteiger charge is 2.07. The van der Waals surface area contributed by atoms with Crippen molar-refractivity contribution in [3.8, 4) is 5.75 Å². The zero-order valence-corrected chi connectivity index (χ0v) is 15.7. The van der Waals surface area contributed by atoms with E-state index in [2.05, 4.69) is 46.6 Å². The van der Waals surface area contributed by atoms with Gasteiger partial charge in [0.25, 0.3) is 0 Å². The Kier molecular flexibility index (Phi) is 5.58. The number of hydrogen-bond donors (Lipinski definition) is 2. The molecular weight excluding hydrogens is 348 g/mol. The lowest BCUT2D eigenvalue weighted by atomic mass is 10.0. The third-order valence-electron chi connectivity index (χ3n) is 3.91. The summed E-state index contributed by atoms with van der Waals surface area (Å²) in [4.78, 5) is 8.75. The molecule has 0 aliphatic heterocycles. The van der Waals surface area contributed by atoms with Crippen molar-refractivity contribution in [2.75, 3.05) is 17.7 Å². The molecule has 3 aromatic rings. The van der Waals surface area contributed by atoms with Crippen LogP contribution in [0.4, 0.5) is 23.1 Å². The largest absolute Gasteiger partial charge is 0.495 e. The monoisotopic (exact) mass is 368 g/mol. The van der Waals surface area contributed by atoms with Crippen LogP contribution in [0.2, 0.25) is 5.02 Å². The second-order valence-corrected chi connectivity index (χ2v) is 6.57. The highest BCUT2D eigenvalue weighted by Crippen LogP contribution is 2.29. The minimum absolute atomic E-state index is 0.453. The van der Waals surface area contributed by atoms with Gasteiger partial charge < -0.3 is 15.4 Å². The van der Waals surface area contributed by atoms with Crippen molar-refractivity contribution in [3.63, 3.8) is 0 Å². The second-order valence-electron chi connectivity index (χ2n) is 6.14. The van der Waals surface area contributed by atoms with E-state index in [0.717, 1.165) is 5.69 Å². The van der Waals surface area contributed by atoms with Gasteiger partial charge in [0, 0.05) is 16.9 Å². The van der Waals surface area contributed by atoms with Gasteiger partial charge >= 0.3 is 0 Å². The van der Waals surface area contributed by atoms with Crippen LogP contribution in [0.3, 0.4) is 0 Å². The number of benzene rings is 2. The third kappa shape index (κ3) is 4.43. The van der Waals surface area contributed by atoms with Crippen molar-refractivity contribution in [2.45, 2.75) is 19.8 Å². The van der Waals surface area contributed by atoms with Gasteiger partial charge in [0.2, 0.25) is 5.95 Å². The van der Waals surface area contributed by atoms with Crippen molar-refractivity contribution >= 4 is 34.7 Å². The fraction of sp³-hybridized carbons (Fsp3) is 0.200. The molecule has 0 saturated carbocycles. The standard InChI is InChI=1S/C20H21ClN4O/c1-13(2)14-4-7-16(8-5-14)23-19-10-11-22-20(25-19)24-17-12-15(21)6-9-18(17)26-3/h4-13H,1-3H3,(H2,22,23,24,25). The predicted molar refractivity (Wildman–Crippen MR) is 107 cm³/mol. The Morgan fingerprint density at radius 1 is 1.00 bits per heavy atom. The molecule has 5 nitrogen and oxygen atoms in total. The highest BCUT2D eigenvalue weighted by molar-refractivity contribution is 6.31. The van der Waals surface area contributed by atoms with Gasteiger partial charge in [-0.15, -0.1) is 0 Å². The minimum Gasteiger partial charge on any atom is -0.495 e. The van der Waals surface area contributed by atoms with Crippen molar-refractivity contribution in [1.29, 1.82) is 0 Å². The number of methoxy groups -OCH3 is 1. The summed E-state index contributed by atoms with van der Waals surface area (Å²) in [5.74, 6) is 2.32. The molecule has 0 atom stereocenters. The molecule has 0 bridgehead atoms. The van der Waals surface area contributed by atoms with Gasteiger partial charge in [-0.25, -0.2) is 4.98 Å². The van der Waals surface area contributed by atoms with Gasteiger partial charge in [-0.2, -0.15) is 4.98 Å². The van der Waals surface area contributed by atoms with Crippen molar-refractivity contribution in [3.05, 3.63) is 65.3 Å². The van der Waals surface area contributed by atoms with E-state index in [-0.39, 0.29) is 0 Å². The van der Waals surface area contributed by atoms with Crippen molar-refractivity contribution in [1.82, 2.24) is 9.97 Å². The summed E-state index contributed by atoms with van der Waals surface area (Å²) in [6, 6.07) is 15.5. The Bertz CT molecular complexity index is 881. The summed E-state index contributed by atoms with van der Waals surface area (Å²) in [5.41, 5.74) is 2.98. The van der Waals surface area contributed by atoms with Crippen LogP contribution < -0.4 is 15.4 Å². The average molecular weight is 369 g/mol. The van der Waals surface area contributed by atoms with E-state index in [1.54, 1.807) is 31.5 Å². The maximum absolute atomic E-state index is 6.06. The smallest absolute Gasteiger partial charge is 0.229 e. The van der Waals surface area contributed by atoms with Gasteiger partial charge in [0.05, 0.1) is 12.8 Å². The summed E-state index contributed by atoms with van der Waals surface area (Å²) in [6.45, 7) is 4.35. The maximum atomic E-state index is 6.06. The van der Waals surface area contributed by atoms with Crippen LogP contribution in [0.1, 0.15) is 25.3 Å². The van der Waals surface area contributed by atoms with E-state index in [1.165, 1.54) is 5.56 Å². The molecule has 26 heavy (non-hydrogen) atoms. The fourth-order valence-electron chi connectivity index (χ4n) is 2.49. The minimum atomic E-state index is 0.453. The van der Waals surface area contributed by atoms with Crippen LogP contribution in [-0.4, -0.2) is 17.1 Å². The Morgan fingerprint density at radius 2 is 1.77 bits per heavy atom. The SMILES string of the molecule is COc1ccc(Cl)cc1Nc1nccc(Nc2ccc(C(C)C)cc2)n1. The van der Waals surface area contributed by atoms with Crippen LogP contribution in [0.25, 0.3) is 0 Å². The Balaban J connectivity index is 1.77. The normalized spacial score (nSPS) is 10.7. The van der Waals surface area contributed by atoms with Crippen LogP contribution in [0, 0.1) is 0 Å². The van der Waals surface area contributed by atoms with E-state index in [0.29, 0.717) is 34.1 Å². The van der Waals surface area contributed by atoms with Crippen molar-refractivity contribution in [2.24, 2.45) is 0 Å². The molecule has 134 valence electrons. The molecule has 0 radical (unpaired) electrons. The molecule has 0 saturated heterocycles. The lowest BCUT2D eigenvalue weighted by molar-refractivity contribution is 0.417. The van der Waals surface area contributed by atoms with E-state index in [4.69, 9.17) is 16.3 Å². The summed E-state index contributed by atoms with van der Waals surface area (Å²) >= 11 is 6.06. The van der Waals surface area contributed by atoms with Crippen LogP contribution >= 0.6 is 11.6 Å². The first-order valence-corrected chi connectivity index (χ1v) is 8.73. The molecule has 0 amide bonds. The first-order chi connectivity index (χ1) is 12.5. The number of aromatic nitrogens is 2. The van der Waals surface area contributed by atoms with Crippen LogP contribution in [0.15, 0.2) is 54.7 Å².